The minimum Gasteiger partial charge on any atom is -0.490 e. The summed E-state index contributed by atoms with van der Waals surface area (Å²) in [6, 6.07) is 4.35. The van der Waals surface area contributed by atoms with E-state index in [0.29, 0.717) is 0 Å². The van der Waals surface area contributed by atoms with Gasteiger partial charge >= 0.3 is 0 Å². The van der Waals surface area contributed by atoms with Gasteiger partial charge in [-0.3, -0.25) is 0 Å². The summed E-state index contributed by atoms with van der Waals surface area (Å²) >= 11 is 0. The van der Waals surface area contributed by atoms with Crippen molar-refractivity contribution < 1.29 is 14.2 Å². The topological polar surface area (TPSA) is 39.7 Å². The van der Waals surface area contributed by atoms with Crippen molar-refractivity contribution in [3.05, 3.63) is 17.7 Å². The lowest BCUT2D eigenvalue weighted by Crippen LogP contribution is -2.09. The van der Waals surface area contributed by atoms with Gasteiger partial charge in [0.15, 0.2) is 11.5 Å². The second-order valence-corrected chi connectivity index (χ2v) is 14.5. The van der Waals surface area contributed by atoms with Gasteiger partial charge < -0.3 is 19.5 Å². The molecule has 0 aliphatic carbocycles. The van der Waals surface area contributed by atoms with E-state index in [0.717, 1.165) is 62.9 Å². The maximum absolute atomic E-state index is 6.50. The van der Waals surface area contributed by atoms with E-state index in [4.69, 9.17) is 14.2 Å². The van der Waals surface area contributed by atoms with Crippen LogP contribution < -0.4 is 19.5 Å². The van der Waals surface area contributed by atoms with Crippen LogP contribution in [-0.2, 0) is 6.54 Å². The second-order valence-electron chi connectivity index (χ2n) is 14.5. The Bertz CT molecular complexity index is 750. The van der Waals surface area contributed by atoms with Crippen molar-refractivity contribution in [2.75, 3.05) is 26.9 Å². The van der Waals surface area contributed by atoms with Gasteiger partial charge in [-0.2, -0.15) is 0 Å². The van der Waals surface area contributed by atoms with Gasteiger partial charge in [0.1, 0.15) is 0 Å². The van der Waals surface area contributed by atoms with Crippen LogP contribution in [0.15, 0.2) is 12.1 Å². The van der Waals surface area contributed by atoms with Crippen LogP contribution in [0, 0.1) is 0 Å². The first-order valence-electron chi connectivity index (χ1n) is 21.5. The molecule has 282 valence electrons. The summed E-state index contributed by atoms with van der Waals surface area (Å²) in [4.78, 5) is 0. The first-order chi connectivity index (χ1) is 23.8. The van der Waals surface area contributed by atoms with E-state index in [1.54, 1.807) is 0 Å². The Labute approximate surface area is 300 Å². The number of benzene rings is 1. The molecule has 0 atom stereocenters. The van der Waals surface area contributed by atoms with Crippen molar-refractivity contribution in [3.63, 3.8) is 0 Å². The van der Waals surface area contributed by atoms with Crippen LogP contribution in [0.4, 0.5) is 0 Å². The van der Waals surface area contributed by atoms with Crippen molar-refractivity contribution in [1.82, 2.24) is 5.32 Å². The van der Waals surface area contributed by atoms with Crippen LogP contribution in [0.2, 0.25) is 0 Å². The maximum atomic E-state index is 6.50. The van der Waals surface area contributed by atoms with E-state index in [2.05, 4.69) is 38.2 Å². The lowest BCUT2D eigenvalue weighted by molar-refractivity contribution is 0.233. The Kier molecular flexibility index (Phi) is 32.9. The predicted octanol–water partition coefficient (Wildman–Crippen LogP) is 14.3. The standard InChI is InChI=1S/C44H83NO3/c1-5-8-11-14-17-20-23-26-29-32-35-46-42-38-41(40-45-4)39-43(47-36-33-30-27-24-21-18-15-12-9-6-2)44(42)48-37-34-31-28-25-22-19-16-13-10-7-3/h38-39,45H,5-37,40H2,1-4H3. The van der Waals surface area contributed by atoms with Gasteiger partial charge in [-0.15, -0.1) is 0 Å². The summed E-state index contributed by atoms with van der Waals surface area (Å²) in [5.41, 5.74) is 1.19. The third-order valence-electron chi connectivity index (χ3n) is 9.72. The molecular formula is C44H83NO3. The van der Waals surface area contributed by atoms with Gasteiger partial charge in [0, 0.05) is 6.54 Å². The molecule has 1 rings (SSSR count). The lowest BCUT2D eigenvalue weighted by atomic mass is 10.1. The highest BCUT2D eigenvalue weighted by Gasteiger charge is 2.16. The number of unbranched alkanes of at least 4 members (excludes halogenated alkanes) is 27. The third kappa shape index (κ3) is 26.4. The van der Waals surface area contributed by atoms with E-state index >= 15 is 0 Å². The molecule has 0 radical (unpaired) electrons. The molecule has 4 nitrogen and oxygen atoms in total. The predicted molar refractivity (Wildman–Crippen MR) is 211 cm³/mol. The van der Waals surface area contributed by atoms with Gasteiger partial charge in [-0.05, 0) is 44.0 Å². The van der Waals surface area contributed by atoms with Crippen LogP contribution in [0.3, 0.4) is 0 Å². The minimum atomic E-state index is 0.727. The maximum Gasteiger partial charge on any atom is 0.203 e. The Morgan fingerprint density at radius 1 is 0.375 bits per heavy atom. The zero-order chi connectivity index (χ0) is 34.6. The highest BCUT2D eigenvalue weighted by atomic mass is 16.5. The average molecular weight is 674 g/mol. The summed E-state index contributed by atoms with van der Waals surface area (Å²) < 4.78 is 19.4. The van der Waals surface area contributed by atoms with Crippen molar-refractivity contribution in [2.24, 2.45) is 0 Å². The molecule has 0 aromatic heterocycles. The fraction of sp³-hybridized carbons (Fsp3) is 0.864. The van der Waals surface area contributed by atoms with Gasteiger partial charge in [0.05, 0.1) is 19.8 Å². The van der Waals surface area contributed by atoms with Gasteiger partial charge in [-0.1, -0.05) is 194 Å². The molecule has 0 saturated heterocycles. The fourth-order valence-electron chi connectivity index (χ4n) is 6.60. The van der Waals surface area contributed by atoms with Crippen LogP contribution >= 0.6 is 0 Å². The summed E-state index contributed by atoms with van der Waals surface area (Å²) in [5, 5.41) is 3.32. The molecule has 0 bridgehead atoms. The molecule has 0 spiro atoms. The SMILES string of the molecule is CCCCCCCCCCCCOc1cc(CNC)cc(OCCCCCCCCCCCC)c1OCCCCCCCCCCCC. The summed E-state index contributed by atoms with van der Waals surface area (Å²) in [5.74, 6) is 2.55. The molecule has 0 unspecified atom stereocenters. The quantitative estimate of drug-likeness (QED) is 0.0709. The summed E-state index contributed by atoms with van der Waals surface area (Å²) in [7, 11) is 2.00. The van der Waals surface area contributed by atoms with Crippen LogP contribution in [0.5, 0.6) is 17.2 Å². The van der Waals surface area contributed by atoms with Crippen molar-refractivity contribution in [1.29, 1.82) is 0 Å². The highest BCUT2D eigenvalue weighted by molar-refractivity contribution is 5.54. The molecular weight excluding hydrogens is 590 g/mol. The number of hydrogen-bond donors (Lipinski definition) is 1. The molecule has 1 N–H and O–H groups in total. The second kappa shape index (κ2) is 35.4. The molecule has 48 heavy (non-hydrogen) atoms. The number of hydrogen-bond acceptors (Lipinski definition) is 4. The molecule has 0 fully saturated rings. The normalized spacial score (nSPS) is 11.3. The smallest absolute Gasteiger partial charge is 0.203 e. The van der Waals surface area contributed by atoms with Crippen LogP contribution in [0.1, 0.15) is 219 Å². The minimum absolute atomic E-state index is 0.727. The highest BCUT2D eigenvalue weighted by Crippen LogP contribution is 2.39. The Morgan fingerprint density at radius 3 is 0.938 bits per heavy atom. The molecule has 0 saturated carbocycles. The van der Waals surface area contributed by atoms with Gasteiger partial charge in [0.25, 0.3) is 0 Å². The van der Waals surface area contributed by atoms with Crippen LogP contribution in [-0.4, -0.2) is 26.9 Å². The van der Waals surface area contributed by atoms with Crippen molar-refractivity contribution >= 4 is 0 Å². The molecule has 0 heterocycles. The van der Waals surface area contributed by atoms with Crippen molar-refractivity contribution in [3.8, 4) is 17.2 Å². The fourth-order valence-corrected chi connectivity index (χ4v) is 6.60. The van der Waals surface area contributed by atoms with E-state index in [-0.39, 0.29) is 0 Å². The Balaban J connectivity index is 2.59. The zero-order valence-corrected chi connectivity index (χ0v) is 32.9. The summed E-state index contributed by atoms with van der Waals surface area (Å²) in [6.07, 6.45) is 39.9. The van der Waals surface area contributed by atoms with Crippen molar-refractivity contribution in [2.45, 2.75) is 220 Å². The van der Waals surface area contributed by atoms with Crippen LogP contribution in [0.25, 0.3) is 0 Å². The van der Waals surface area contributed by atoms with Gasteiger partial charge in [0.2, 0.25) is 5.75 Å². The van der Waals surface area contributed by atoms with E-state index in [1.807, 2.05) is 7.05 Å². The Hall–Kier alpha value is -1.42. The Morgan fingerprint density at radius 2 is 0.646 bits per heavy atom. The summed E-state index contributed by atoms with van der Waals surface area (Å²) in [6.45, 7) is 9.88. The average Bonchev–Trinajstić information content (AvgIpc) is 3.09. The lowest BCUT2D eigenvalue weighted by Gasteiger charge is -2.19. The third-order valence-corrected chi connectivity index (χ3v) is 9.72. The van der Waals surface area contributed by atoms with E-state index < -0.39 is 0 Å². The zero-order valence-electron chi connectivity index (χ0n) is 32.9. The van der Waals surface area contributed by atoms with E-state index in [1.165, 1.54) is 179 Å². The van der Waals surface area contributed by atoms with E-state index in [9.17, 15) is 0 Å². The molecule has 0 aliphatic rings. The molecule has 1 aromatic rings. The first kappa shape index (κ1) is 44.6. The first-order valence-corrected chi connectivity index (χ1v) is 21.5. The monoisotopic (exact) mass is 674 g/mol. The number of rotatable bonds is 38. The number of ether oxygens (including phenoxy) is 3. The molecule has 0 aliphatic heterocycles. The van der Waals surface area contributed by atoms with Gasteiger partial charge in [-0.25, -0.2) is 0 Å². The molecule has 1 aromatic carbocycles. The largest absolute Gasteiger partial charge is 0.490 e. The molecule has 0 amide bonds. The number of nitrogens with one attached hydrogen (secondary N) is 1. The molecule has 4 heteroatoms.